The maximum atomic E-state index is 11.8. The number of nitrogens with zero attached hydrogens (tertiary/aromatic N) is 2. The van der Waals surface area contributed by atoms with Gasteiger partial charge < -0.3 is 10.0 Å². The number of nitro benzene ring substituents is 1. The van der Waals surface area contributed by atoms with Crippen molar-refractivity contribution in [3.05, 3.63) is 39.9 Å². The van der Waals surface area contributed by atoms with Gasteiger partial charge in [0.25, 0.3) is 5.69 Å². The van der Waals surface area contributed by atoms with E-state index >= 15 is 0 Å². The number of rotatable bonds is 7. The molecule has 0 saturated carbocycles. The summed E-state index contributed by atoms with van der Waals surface area (Å²) >= 11 is 0. The first-order valence-electron chi connectivity index (χ1n) is 6.13. The first-order valence-corrected chi connectivity index (χ1v) is 6.13. The lowest BCUT2D eigenvalue weighted by Gasteiger charge is -2.17. The van der Waals surface area contributed by atoms with Crippen LogP contribution in [-0.2, 0) is 11.3 Å². The van der Waals surface area contributed by atoms with Crippen LogP contribution >= 0.6 is 0 Å². The van der Waals surface area contributed by atoms with Crippen LogP contribution in [0.2, 0.25) is 0 Å². The number of hydrogen-bond donors (Lipinski definition) is 1. The molecule has 0 atom stereocenters. The van der Waals surface area contributed by atoms with Gasteiger partial charge in [0.15, 0.2) is 0 Å². The van der Waals surface area contributed by atoms with Gasteiger partial charge in [-0.05, 0) is 12.8 Å². The molecule has 0 aliphatic rings. The quantitative estimate of drug-likeness (QED) is 0.462. The van der Waals surface area contributed by atoms with Gasteiger partial charge in [-0.25, -0.2) is 0 Å². The Hall–Kier alpha value is -1.95. The van der Waals surface area contributed by atoms with Gasteiger partial charge in [-0.1, -0.05) is 18.2 Å². The summed E-state index contributed by atoms with van der Waals surface area (Å²) in [5, 5.41) is 19.5. The van der Waals surface area contributed by atoms with Crippen LogP contribution < -0.4 is 0 Å². The summed E-state index contributed by atoms with van der Waals surface area (Å²) in [6.45, 7) is 0.288. The highest BCUT2D eigenvalue weighted by atomic mass is 16.6. The van der Waals surface area contributed by atoms with Gasteiger partial charge in [-0.2, -0.15) is 0 Å². The molecule has 19 heavy (non-hydrogen) atoms. The number of aliphatic hydroxyl groups is 1. The lowest BCUT2D eigenvalue weighted by atomic mass is 10.1. The zero-order chi connectivity index (χ0) is 14.3. The summed E-state index contributed by atoms with van der Waals surface area (Å²) in [6.07, 6.45) is 1.55. The smallest absolute Gasteiger partial charge is 0.274 e. The first kappa shape index (κ1) is 15.1. The van der Waals surface area contributed by atoms with Crippen molar-refractivity contribution in [3.8, 4) is 0 Å². The predicted octanol–water partition coefficient (Wildman–Crippen LogP) is 1.72. The Balaban J connectivity index is 2.63. The molecule has 0 spiro atoms. The fraction of sp³-hybridized carbons (Fsp3) is 0.462. The second kappa shape index (κ2) is 7.48. The highest BCUT2D eigenvalue weighted by Crippen LogP contribution is 2.19. The Morgan fingerprint density at radius 1 is 1.37 bits per heavy atom. The molecular formula is C13H18N2O4. The highest BCUT2D eigenvalue weighted by Gasteiger charge is 2.16. The summed E-state index contributed by atoms with van der Waals surface area (Å²) in [4.78, 5) is 23.7. The molecule has 0 heterocycles. The van der Waals surface area contributed by atoms with Crippen molar-refractivity contribution in [2.45, 2.75) is 25.8 Å². The van der Waals surface area contributed by atoms with Gasteiger partial charge in [-0.15, -0.1) is 0 Å². The van der Waals surface area contributed by atoms with Crippen LogP contribution in [0.4, 0.5) is 5.69 Å². The van der Waals surface area contributed by atoms with Gasteiger partial charge in [0.05, 0.1) is 11.5 Å². The lowest BCUT2D eigenvalue weighted by Crippen LogP contribution is -2.26. The number of aliphatic hydroxyl groups excluding tert-OH is 1. The van der Waals surface area contributed by atoms with Crippen LogP contribution in [0.15, 0.2) is 24.3 Å². The molecule has 0 saturated heterocycles. The average molecular weight is 266 g/mol. The Labute approximate surface area is 111 Å². The van der Waals surface area contributed by atoms with Gasteiger partial charge in [0.1, 0.15) is 0 Å². The molecule has 1 aromatic rings. The zero-order valence-corrected chi connectivity index (χ0v) is 10.9. The van der Waals surface area contributed by atoms with Crippen LogP contribution in [-0.4, -0.2) is 34.5 Å². The van der Waals surface area contributed by atoms with Crippen molar-refractivity contribution in [1.82, 2.24) is 4.90 Å². The van der Waals surface area contributed by atoms with E-state index in [2.05, 4.69) is 0 Å². The van der Waals surface area contributed by atoms with E-state index in [1.54, 1.807) is 25.2 Å². The molecular weight excluding hydrogens is 248 g/mol. The Morgan fingerprint density at radius 3 is 2.68 bits per heavy atom. The predicted molar refractivity (Wildman–Crippen MR) is 70.5 cm³/mol. The van der Waals surface area contributed by atoms with Gasteiger partial charge in [-0.3, -0.25) is 14.9 Å². The van der Waals surface area contributed by atoms with Crippen molar-refractivity contribution in [2.75, 3.05) is 13.7 Å². The summed E-state index contributed by atoms with van der Waals surface area (Å²) < 4.78 is 0. The third kappa shape index (κ3) is 4.67. The van der Waals surface area contributed by atoms with Gasteiger partial charge in [0.2, 0.25) is 5.91 Å². The number of carbonyl (C=O) groups is 1. The third-order valence-corrected chi connectivity index (χ3v) is 2.82. The number of benzene rings is 1. The van der Waals surface area contributed by atoms with Crippen LogP contribution in [0.1, 0.15) is 24.8 Å². The molecule has 0 fully saturated rings. The number of amides is 1. The average Bonchev–Trinajstić information content (AvgIpc) is 2.39. The summed E-state index contributed by atoms with van der Waals surface area (Å²) in [6, 6.07) is 6.39. The molecule has 104 valence electrons. The second-order valence-electron chi connectivity index (χ2n) is 4.32. The van der Waals surface area contributed by atoms with Crippen molar-refractivity contribution in [1.29, 1.82) is 0 Å². The number of carbonyl (C=O) groups excluding carboxylic acids is 1. The number of unbranched alkanes of at least 4 members (excludes halogenated alkanes) is 1. The van der Waals surface area contributed by atoms with Crippen molar-refractivity contribution in [2.24, 2.45) is 0 Å². The summed E-state index contributed by atoms with van der Waals surface area (Å²) in [5.41, 5.74) is 0.544. The van der Waals surface area contributed by atoms with E-state index in [1.807, 2.05) is 0 Å². The fourth-order valence-electron chi connectivity index (χ4n) is 1.75. The van der Waals surface area contributed by atoms with Crippen LogP contribution in [0, 0.1) is 10.1 Å². The fourth-order valence-corrected chi connectivity index (χ4v) is 1.75. The van der Waals surface area contributed by atoms with Crippen LogP contribution in [0.25, 0.3) is 0 Å². The van der Waals surface area contributed by atoms with E-state index in [9.17, 15) is 14.9 Å². The third-order valence-electron chi connectivity index (χ3n) is 2.82. The molecule has 6 heteroatoms. The lowest BCUT2D eigenvalue weighted by molar-refractivity contribution is -0.385. The van der Waals surface area contributed by atoms with Crippen LogP contribution in [0.3, 0.4) is 0 Å². The standard InChI is InChI=1S/C13H18N2O4/c1-14(13(17)8-4-5-9-16)10-11-6-2-3-7-12(11)15(18)19/h2-3,6-7,16H,4-5,8-10H2,1H3. The Kier molecular flexibility index (Phi) is 5.95. The summed E-state index contributed by atoms with van der Waals surface area (Å²) in [5.74, 6) is -0.0772. The molecule has 1 N–H and O–H groups in total. The second-order valence-corrected chi connectivity index (χ2v) is 4.32. The van der Waals surface area contributed by atoms with E-state index in [0.717, 1.165) is 0 Å². The van der Waals surface area contributed by atoms with Crippen molar-refractivity contribution < 1.29 is 14.8 Å². The maximum absolute atomic E-state index is 11.8. The largest absolute Gasteiger partial charge is 0.396 e. The monoisotopic (exact) mass is 266 g/mol. The molecule has 1 amide bonds. The summed E-state index contributed by atoms with van der Waals surface area (Å²) in [7, 11) is 1.62. The van der Waals surface area contributed by atoms with Crippen LogP contribution in [0.5, 0.6) is 0 Å². The number of nitro groups is 1. The maximum Gasteiger partial charge on any atom is 0.274 e. The minimum absolute atomic E-state index is 0.0255. The van der Waals surface area contributed by atoms with Gasteiger partial charge in [0, 0.05) is 31.7 Å². The topological polar surface area (TPSA) is 83.7 Å². The zero-order valence-electron chi connectivity index (χ0n) is 10.9. The normalized spacial score (nSPS) is 10.2. The Morgan fingerprint density at radius 2 is 2.05 bits per heavy atom. The minimum atomic E-state index is -0.445. The number of para-hydroxylation sites is 1. The SMILES string of the molecule is CN(Cc1ccccc1[N+](=O)[O-])C(=O)CCCCO. The van der Waals surface area contributed by atoms with E-state index < -0.39 is 4.92 Å². The van der Waals surface area contributed by atoms with E-state index in [4.69, 9.17) is 5.11 Å². The molecule has 0 unspecified atom stereocenters. The van der Waals surface area contributed by atoms with Crippen molar-refractivity contribution in [3.63, 3.8) is 0 Å². The van der Waals surface area contributed by atoms with E-state index in [0.29, 0.717) is 24.8 Å². The molecule has 1 aromatic carbocycles. The molecule has 0 aliphatic heterocycles. The molecule has 0 bridgehead atoms. The first-order chi connectivity index (χ1) is 9.06. The molecule has 0 aromatic heterocycles. The molecule has 0 radical (unpaired) electrons. The van der Waals surface area contributed by atoms with Gasteiger partial charge >= 0.3 is 0 Å². The minimum Gasteiger partial charge on any atom is -0.396 e. The molecule has 0 aliphatic carbocycles. The van der Waals surface area contributed by atoms with E-state index in [-0.39, 0.29) is 24.7 Å². The number of hydrogen-bond acceptors (Lipinski definition) is 4. The van der Waals surface area contributed by atoms with E-state index in [1.165, 1.54) is 11.0 Å². The molecule has 6 nitrogen and oxygen atoms in total. The Bertz CT molecular complexity index is 448. The highest BCUT2D eigenvalue weighted by molar-refractivity contribution is 5.75. The van der Waals surface area contributed by atoms with Crippen molar-refractivity contribution >= 4 is 11.6 Å². The molecule has 1 rings (SSSR count).